The van der Waals surface area contributed by atoms with E-state index in [1.807, 2.05) is 0 Å². The molecule has 0 bridgehead atoms. The van der Waals surface area contributed by atoms with Crippen LogP contribution in [0.1, 0.15) is 35.1 Å². The first-order chi connectivity index (χ1) is 13.2. The lowest BCUT2D eigenvalue weighted by Gasteiger charge is -2.41. The van der Waals surface area contributed by atoms with Crippen molar-refractivity contribution in [3.05, 3.63) is 46.3 Å². The number of benzene rings is 1. The highest BCUT2D eigenvalue weighted by Gasteiger charge is 2.58. The van der Waals surface area contributed by atoms with Crippen molar-refractivity contribution < 1.29 is 13.2 Å². The Morgan fingerprint density at radius 3 is 2.57 bits per heavy atom. The SMILES string of the molecule is CN1C(NC(=O)c2ccccc2)=NC(C)(c2nc(N)cs2)C(C2CC2)S1(=O)=O. The summed E-state index contributed by atoms with van der Waals surface area (Å²) >= 11 is 1.28. The Hall–Kier alpha value is -2.46. The lowest BCUT2D eigenvalue weighted by atomic mass is 9.95. The Kier molecular flexibility index (Phi) is 4.42. The van der Waals surface area contributed by atoms with Crippen LogP contribution < -0.4 is 11.1 Å². The second-order valence-electron chi connectivity index (χ2n) is 7.25. The molecule has 1 aromatic heterocycles. The summed E-state index contributed by atoms with van der Waals surface area (Å²) in [4.78, 5) is 21.6. The van der Waals surface area contributed by atoms with Gasteiger partial charge in [-0.3, -0.25) is 10.1 Å². The summed E-state index contributed by atoms with van der Waals surface area (Å²) in [7, 11) is -2.33. The number of sulfonamides is 1. The van der Waals surface area contributed by atoms with E-state index in [0.717, 1.165) is 17.1 Å². The Labute approximate surface area is 167 Å². The van der Waals surface area contributed by atoms with Crippen LogP contribution in [0.15, 0.2) is 40.7 Å². The van der Waals surface area contributed by atoms with E-state index < -0.39 is 26.7 Å². The van der Waals surface area contributed by atoms with Crippen LogP contribution in [0.3, 0.4) is 0 Å². The number of rotatable bonds is 3. The normalized spacial score (nSPS) is 26.6. The molecule has 1 aliphatic heterocycles. The van der Waals surface area contributed by atoms with Gasteiger partial charge in [-0.15, -0.1) is 11.3 Å². The molecular weight excluding hydrogens is 398 g/mol. The third-order valence-corrected chi connectivity index (χ3v) is 8.67. The van der Waals surface area contributed by atoms with Gasteiger partial charge in [0, 0.05) is 18.0 Å². The summed E-state index contributed by atoms with van der Waals surface area (Å²) in [5, 5.41) is 4.12. The number of thiazole rings is 1. The van der Waals surface area contributed by atoms with Crippen molar-refractivity contribution in [1.29, 1.82) is 0 Å². The van der Waals surface area contributed by atoms with Crippen molar-refractivity contribution in [3.63, 3.8) is 0 Å². The fraction of sp³-hybridized carbons (Fsp3) is 0.389. The van der Waals surface area contributed by atoms with Gasteiger partial charge in [-0.1, -0.05) is 18.2 Å². The largest absolute Gasteiger partial charge is 0.383 e. The zero-order valence-corrected chi connectivity index (χ0v) is 17.1. The predicted octanol–water partition coefficient (Wildman–Crippen LogP) is 1.78. The van der Waals surface area contributed by atoms with Crippen LogP contribution in [0.25, 0.3) is 0 Å². The molecule has 3 N–H and O–H groups in total. The molecule has 1 aliphatic carbocycles. The molecule has 0 spiro atoms. The average molecular weight is 420 g/mol. The Bertz CT molecular complexity index is 1050. The number of hydrogen-bond acceptors (Lipinski definition) is 7. The lowest BCUT2D eigenvalue weighted by Crippen LogP contribution is -2.58. The number of hydrogen-bond donors (Lipinski definition) is 2. The average Bonchev–Trinajstić information content (AvgIpc) is 3.38. The highest BCUT2D eigenvalue weighted by molar-refractivity contribution is 7.90. The molecule has 1 aromatic carbocycles. The summed E-state index contributed by atoms with van der Waals surface area (Å²) < 4.78 is 27.8. The number of nitrogens with two attached hydrogens (primary N) is 1. The minimum Gasteiger partial charge on any atom is -0.383 e. The fourth-order valence-electron chi connectivity index (χ4n) is 3.59. The van der Waals surface area contributed by atoms with Gasteiger partial charge in [-0.05, 0) is 37.8 Å². The van der Waals surface area contributed by atoms with Gasteiger partial charge in [-0.25, -0.2) is 22.7 Å². The van der Waals surface area contributed by atoms with E-state index in [4.69, 9.17) is 10.7 Å². The Morgan fingerprint density at radius 1 is 1.32 bits per heavy atom. The van der Waals surface area contributed by atoms with E-state index in [1.165, 1.54) is 18.4 Å². The van der Waals surface area contributed by atoms with Crippen molar-refractivity contribution >= 4 is 39.0 Å². The first-order valence-electron chi connectivity index (χ1n) is 8.89. The number of amides is 1. The number of anilines is 1. The molecule has 2 unspecified atom stereocenters. The second-order valence-corrected chi connectivity index (χ2v) is 10.2. The summed E-state index contributed by atoms with van der Waals surface area (Å²) in [6.07, 6.45) is 1.66. The van der Waals surface area contributed by atoms with Crippen LogP contribution in [0.5, 0.6) is 0 Å². The number of carbonyl (C=O) groups is 1. The second kappa shape index (κ2) is 6.56. The van der Waals surface area contributed by atoms with Crippen LogP contribution in [-0.2, 0) is 15.6 Å². The van der Waals surface area contributed by atoms with Crippen LogP contribution in [0.2, 0.25) is 0 Å². The summed E-state index contributed by atoms with van der Waals surface area (Å²) in [5.41, 5.74) is 5.09. The van der Waals surface area contributed by atoms with Crippen molar-refractivity contribution in [2.45, 2.75) is 30.6 Å². The molecule has 1 amide bonds. The molecule has 10 heteroatoms. The third-order valence-electron chi connectivity index (χ3n) is 5.16. The minimum absolute atomic E-state index is 0.0118. The fourth-order valence-corrected chi connectivity index (χ4v) is 6.69. The van der Waals surface area contributed by atoms with Crippen LogP contribution in [0, 0.1) is 5.92 Å². The molecule has 4 rings (SSSR count). The molecule has 2 aliphatic rings. The van der Waals surface area contributed by atoms with Gasteiger partial charge in [0.15, 0.2) is 0 Å². The molecular formula is C18H21N5O3S2. The maximum atomic E-state index is 13.4. The van der Waals surface area contributed by atoms with E-state index in [9.17, 15) is 13.2 Å². The van der Waals surface area contributed by atoms with Gasteiger partial charge in [0.1, 0.15) is 21.6 Å². The van der Waals surface area contributed by atoms with Crippen LogP contribution >= 0.6 is 11.3 Å². The van der Waals surface area contributed by atoms with Gasteiger partial charge in [0.05, 0.1) is 0 Å². The van der Waals surface area contributed by atoms with Gasteiger partial charge in [-0.2, -0.15) is 0 Å². The number of aromatic nitrogens is 1. The lowest BCUT2D eigenvalue weighted by molar-refractivity contribution is 0.0974. The quantitative estimate of drug-likeness (QED) is 0.786. The van der Waals surface area contributed by atoms with Gasteiger partial charge < -0.3 is 5.73 Å². The molecule has 28 heavy (non-hydrogen) atoms. The van der Waals surface area contributed by atoms with E-state index in [1.54, 1.807) is 42.6 Å². The maximum absolute atomic E-state index is 13.4. The zero-order valence-electron chi connectivity index (χ0n) is 15.5. The Morgan fingerprint density at radius 2 is 2.00 bits per heavy atom. The number of aliphatic imine (C=N–C) groups is 1. The van der Waals surface area contributed by atoms with Gasteiger partial charge in [0.25, 0.3) is 5.91 Å². The highest BCUT2D eigenvalue weighted by atomic mass is 32.2. The Balaban J connectivity index is 1.79. The molecule has 1 saturated carbocycles. The predicted molar refractivity (Wildman–Crippen MR) is 108 cm³/mol. The van der Waals surface area contributed by atoms with Crippen molar-refractivity contribution in [2.24, 2.45) is 10.9 Å². The third kappa shape index (κ3) is 3.06. The van der Waals surface area contributed by atoms with Gasteiger partial charge >= 0.3 is 0 Å². The van der Waals surface area contributed by atoms with E-state index >= 15 is 0 Å². The molecule has 2 heterocycles. The molecule has 1 fully saturated rings. The van der Waals surface area contributed by atoms with Crippen molar-refractivity contribution in [3.8, 4) is 0 Å². The number of nitrogens with zero attached hydrogens (tertiary/aromatic N) is 3. The maximum Gasteiger partial charge on any atom is 0.257 e. The van der Waals surface area contributed by atoms with E-state index in [2.05, 4.69) is 10.3 Å². The summed E-state index contributed by atoms with van der Waals surface area (Å²) in [5.74, 6) is -0.0934. The molecule has 2 atom stereocenters. The van der Waals surface area contributed by atoms with E-state index in [0.29, 0.717) is 16.4 Å². The smallest absolute Gasteiger partial charge is 0.257 e. The van der Waals surface area contributed by atoms with Crippen molar-refractivity contribution in [1.82, 2.24) is 14.6 Å². The van der Waals surface area contributed by atoms with Crippen LogP contribution in [-0.4, -0.2) is 41.9 Å². The number of guanidine groups is 1. The minimum atomic E-state index is -3.75. The first-order valence-corrected chi connectivity index (χ1v) is 11.3. The topological polar surface area (TPSA) is 118 Å². The number of nitrogen functional groups attached to an aromatic ring is 1. The summed E-state index contributed by atoms with van der Waals surface area (Å²) in [6.45, 7) is 1.76. The highest BCUT2D eigenvalue weighted by Crippen LogP contribution is 2.50. The number of carbonyl (C=O) groups excluding carboxylic acids is 1. The molecule has 0 saturated heterocycles. The molecule has 2 aromatic rings. The standard InChI is InChI=1S/C18H21N5O3S2/c1-18(16-20-13(19)10-27-16)14(11-8-9-11)28(25,26)23(2)17(22-18)21-15(24)12-6-4-3-5-7-12/h3-7,10-11,14H,8-9,19H2,1-2H3,(H,21,22,24). The number of nitrogens with one attached hydrogen (secondary N) is 1. The molecule has 8 nitrogen and oxygen atoms in total. The van der Waals surface area contributed by atoms with E-state index in [-0.39, 0.29) is 11.9 Å². The van der Waals surface area contributed by atoms with Gasteiger partial charge in [0.2, 0.25) is 16.0 Å². The molecule has 0 radical (unpaired) electrons. The zero-order chi connectivity index (χ0) is 20.1. The molecule has 148 valence electrons. The van der Waals surface area contributed by atoms with Crippen LogP contribution in [0.4, 0.5) is 5.82 Å². The monoisotopic (exact) mass is 419 g/mol. The first kappa shape index (κ1) is 18.9. The summed E-state index contributed by atoms with van der Waals surface area (Å²) in [6, 6.07) is 8.59. The van der Waals surface area contributed by atoms with Crippen molar-refractivity contribution in [2.75, 3.05) is 12.8 Å².